The van der Waals surface area contributed by atoms with E-state index in [1.807, 2.05) is 6.92 Å². The molecule has 0 bridgehead atoms. The van der Waals surface area contributed by atoms with Gasteiger partial charge in [0.05, 0.1) is 19.2 Å². The van der Waals surface area contributed by atoms with Gasteiger partial charge in [-0.1, -0.05) is 0 Å². The Morgan fingerprint density at radius 1 is 1.52 bits per heavy atom. The summed E-state index contributed by atoms with van der Waals surface area (Å²) in [5.41, 5.74) is 1.22. The Bertz CT molecular complexity index is 503. The van der Waals surface area contributed by atoms with Crippen molar-refractivity contribution in [2.24, 2.45) is 0 Å². The zero-order chi connectivity index (χ0) is 15.2. The van der Waals surface area contributed by atoms with E-state index in [1.54, 1.807) is 23.3 Å². The number of carbonyl (C=O) groups is 2. The van der Waals surface area contributed by atoms with E-state index in [0.717, 1.165) is 13.0 Å². The second kappa shape index (κ2) is 7.42. The number of methoxy groups -OCH3 is 1. The highest BCUT2D eigenvalue weighted by molar-refractivity contribution is 7.10. The highest BCUT2D eigenvalue weighted by Crippen LogP contribution is 2.23. The molecule has 2 rings (SSSR count). The van der Waals surface area contributed by atoms with Gasteiger partial charge in [0, 0.05) is 25.1 Å². The Kier molecular flexibility index (Phi) is 5.58. The first-order valence-electron chi connectivity index (χ1n) is 6.96. The van der Waals surface area contributed by atoms with Crippen LogP contribution in [0.4, 0.5) is 4.79 Å². The molecule has 2 N–H and O–H groups in total. The van der Waals surface area contributed by atoms with Crippen molar-refractivity contribution in [1.82, 2.24) is 15.5 Å². The lowest BCUT2D eigenvalue weighted by molar-refractivity contribution is -0.130. The van der Waals surface area contributed by atoms with Gasteiger partial charge in [0.2, 0.25) is 5.91 Å². The number of urea groups is 1. The average molecular weight is 311 g/mol. The fourth-order valence-corrected chi connectivity index (χ4v) is 3.19. The molecular formula is C14H21N3O3S. The maximum atomic E-state index is 12.1. The topological polar surface area (TPSA) is 70.7 Å². The predicted octanol–water partition coefficient (Wildman–Crippen LogP) is 0.967. The van der Waals surface area contributed by atoms with Crippen LogP contribution in [0.5, 0.6) is 0 Å². The van der Waals surface area contributed by atoms with Gasteiger partial charge < -0.3 is 20.3 Å². The van der Waals surface area contributed by atoms with Crippen LogP contribution in [0, 0.1) is 0 Å². The molecule has 0 radical (unpaired) electrons. The van der Waals surface area contributed by atoms with E-state index in [4.69, 9.17) is 4.74 Å². The number of ether oxygens (including phenoxy) is 1. The maximum Gasteiger partial charge on any atom is 0.315 e. The highest BCUT2D eigenvalue weighted by Gasteiger charge is 2.21. The second-order valence-electron chi connectivity index (χ2n) is 5.12. The SMILES string of the molecule is COCC(C)NC(=O)NCC(=O)N1CCc2sccc2C1. The number of fused-ring (bicyclic) bond motifs is 1. The van der Waals surface area contributed by atoms with E-state index in [1.165, 1.54) is 10.4 Å². The van der Waals surface area contributed by atoms with Crippen molar-refractivity contribution in [3.05, 3.63) is 21.9 Å². The summed E-state index contributed by atoms with van der Waals surface area (Å²) < 4.78 is 4.93. The molecule has 0 aliphatic carbocycles. The predicted molar refractivity (Wildman–Crippen MR) is 81.3 cm³/mol. The van der Waals surface area contributed by atoms with Gasteiger partial charge >= 0.3 is 6.03 Å². The van der Waals surface area contributed by atoms with E-state index in [9.17, 15) is 9.59 Å². The molecule has 1 aliphatic rings. The summed E-state index contributed by atoms with van der Waals surface area (Å²) in [6, 6.07) is 1.63. The highest BCUT2D eigenvalue weighted by atomic mass is 32.1. The first kappa shape index (κ1) is 15.8. The first-order valence-corrected chi connectivity index (χ1v) is 7.84. The van der Waals surface area contributed by atoms with Crippen molar-refractivity contribution in [2.45, 2.75) is 25.9 Å². The summed E-state index contributed by atoms with van der Waals surface area (Å²) >= 11 is 1.74. The molecule has 1 atom stereocenters. The summed E-state index contributed by atoms with van der Waals surface area (Å²) in [7, 11) is 1.58. The van der Waals surface area contributed by atoms with Crippen molar-refractivity contribution >= 4 is 23.3 Å². The first-order chi connectivity index (χ1) is 10.1. The molecule has 0 saturated carbocycles. The van der Waals surface area contributed by atoms with E-state index < -0.39 is 0 Å². The largest absolute Gasteiger partial charge is 0.383 e. The third kappa shape index (κ3) is 4.44. The van der Waals surface area contributed by atoms with Crippen LogP contribution in [-0.4, -0.2) is 49.7 Å². The van der Waals surface area contributed by atoms with Crippen LogP contribution >= 0.6 is 11.3 Å². The number of amides is 3. The average Bonchev–Trinajstić information content (AvgIpc) is 2.92. The lowest BCUT2D eigenvalue weighted by Crippen LogP contribution is -2.47. The van der Waals surface area contributed by atoms with Crippen LogP contribution in [0.2, 0.25) is 0 Å². The fraction of sp³-hybridized carbons (Fsp3) is 0.571. The number of carbonyl (C=O) groups excluding carboxylic acids is 2. The number of hydrogen-bond acceptors (Lipinski definition) is 4. The minimum absolute atomic E-state index is 0.0189. The van der Waals surface area contributed by atoms with Crippen molar-refractivity contribution in [3.8, 4) is 0 Å². The Hall–Kier alpha value is -1.60. The Balaban J connectivity index is 1.74. The molecule has 1 unspecified atom stereocenters. The van der Waals surface area contributed by atoms with Gasteiger partial charge in [-0.2, -0.15) is 0 Å². The molecular weight excluding hydrogens is 290 g/mol. The lowest BCUT2D eigenvalue weighted by atomic mass is 10.1. The van der Waals surface area contributed by atoms with Crippen LogP contribution in [0.25, 0.3) is 0 Å². The van der Waals surface area contributed by atoms with Crippen molar-refractivity contribution in [2.75, 3.05) is 26.8 Å². The molecule has 6 nitrogen and oxygen atoms in total. The Labute approximate surface area is 128 Å². The molecule has 21 heavy (non-hydrogen) atoms. The zero-order valence-corrected chi connectivity index (χ0v) is 13.2. The monoisotopic (exact) mass is 311 g/mol. The quantitative estimate of drug-likeness (QED) is 0.851. The number of rotatable bonds is 5. The fourth-order valence-electron chi connectivity index (χ4n) is 2.30. The number of hydrogen-bond donors (Lipinski definition) is 2. The van der Waals surface area contributed by atoms with Gasteiger partial charge in [-0.15, -0.1) is 11.3 Å². The molecule has 0 saturated heterocycles. The summed E-state index contributed by atoms with van der Waals surface area (Å²) in [6.07, 6.45) is 0.899. The van der Waals surface area contributed by atoms with Crippen LogP contribution in [0.1, 0.15) is 17.4 Å². The minimum Gasteiger partial charge on any atom is -0.383 e. The number of nitrogens with one attached hydrogen (secondary N) is 2. The maximum absolute atomic E-state index is 12.1. The third-order valence-electron chi connectivity index (χ3n) is 3.35. The van der Waals surface area contributed by atoms with Crippen molar-refractivity contribution in [1.29, 1.82) is 0 Å². The standard InChI is InChI=1S/C14H21N3O3S/c1-10(9-20-2)16-14(19)15-7-13(18)17-5-3-12-11(8-17)4-6-21-12/h4,6,10H,3,5,7-9H2,1-2H3,(H2,15,16,19). The van der Waals surface area contributed by atoms with E-state index in [2.05, 4.69) is 22.1 Å². The molecule has 116 valence electrons. The minimum atomic E-state index is -0.346. The van der Waals surface area contributed by atoms with Crippen LogP contribution < -0.4 is 10.6 Å². The number of nitrogens with zero attached hydrogens (tertiary/aromatic N) is 1. The molecule has 1 aromatic heterocycles. The van der Waals surface area contributed by atoms with Gasteiger partial charge in [-0.05, 0) is 30.4 Å². The summed E-state index contributed by atoms with van der Waals surface area (Å²) in [6.45, 7) is 3.66. The van der Waals surface area contributed by atoms with Crippen molar-refractivity contribution in [3.63, 3.8) is 0 Å². The van der Waals surface area contributed by atoms with E-state index >= 15 is 0 Å². The van der Waals surface area contributed by atoms with Gasteiger partial charge in [0.25, 0.3) is 0 Å². The van der Waals surface area contributed by atoms with Crippen LogP contribution in [0.15, 0.2) is 11.4 Å². The Morgan fingerprint density at radius 2 is 2.33 bits per heavy atom. The molecule has 0 fully saturated rings. The van der Waals surface area contributed by atoms with Gasteiger partial charge in [-0.3, -0.25) is 4.79 Å². The molecule has 2 heterocycles. The normalized spacial score (nSPS) is 15.2. The molecule has 0 spiro atoms. The van der Waals surface area contributed by atoms with Gasteiger partial charge in [-0.25, -0.2) is 4.79 Å². The lowest BCUT2D eigenvalue weighted by Gasteiger charge is -2.27. The van der Waals surface area contributed by atoms with Crippen molar-refractivity contribution < 1.29 is 14.3 Å². The summed E-state index contributed by atoms with van der Waals surface area (Å²) in [5.74, 6) is -0.0543. The summed E-state index contributed by atoms with van der Waals surface area (Å²) in [5, 5.41) is 7.36. The van der Waals surface area contributed by atoms with Gasteiger partial charge in [0.15, 0.2) is 0 Å². The van der Waals surface area contributed by atoms with Gasteiger partial charge in [0.1, 0.15) is 0 Å². The summed E-state index contributed by atoms with van der Waals surface area (Å²) in [4.78, 5) is 26.9. The third-order valence-corrected chi connectivity index (χ3v) is 4.38. The second-order valence-corrected chi connectivity index (χ2v) is 6.12. The molecule has 0 aromatic carbocycles. The van der Waals surface area contributed by atoms with Crippen LogP contribution in [-0.2, 0) is 22.5 Å². The van der Waals surface area contributed by atoms with E-state index in [-0.39, 0.29) is 24.5 Å². The molecule has 1 aliphatic heterocycles. The number of thiophene rings is 1. The zero-order valence-electron chi connectivity index (χ0n) is 12.3. The smallest absolute Gasteiger partial charge is 0.315 e. The Morgan fingerprint density at radius 3 is 3.10 bits per heavy atom. The molecule has 7 heteroatoms. The molecule has 3 amide bonds. The van der Waals surface area contributed by atoms with Crippen LogP contribution in [0.3, 0.4) is 0 Å². The van der Waals surface area contributed by atoms with E-state index in [0.29, 0.717) is 13.2 Å². The molecule has 1 aromatic rings.